The number of hydrogen-bond donors (Lipinski definition) is 1. The molecule has 1 heterocycles. The molecule has 0 aliphatic rings. The van der Waals surface area contributed by atoms with Crippen LogP contribution in [-0.4, -0.2) is 4.98 Å². The smallest absolute Gasteiger partial charge is 0.0533 e. The highest BCUT2D eigenvalue weighted by molar-refractivity contribution is 7.80. The van der Waals surface area contributed by atoms with Gasteiger partial charge in [-0.3, -0.25) is 4.98 Å². The molecule has 1 rings (SSSR count). The van der Waals surface area contributed by atoms with Crippen molar-refractivity contribution in [3.63, 3.8) is 0 Å². The predicted molar refractivity (Wildman–Crippen MR) is 40.9 cm³/mol. The van der Waals surface area contributed by atoms with Gasteiger partial charge in [-0.2, -0.15) is 0 Å². The Hall–Kier alpha value is -0.500. The number of nitrogens with zero attached hydrogens (tertiary/aromatic N) is 1. The Morgan fingerprint density at radius 3 is 2.89 bits per heavy atom. The van der Waals surface area contributed by atoms with Crippen molar-refractivity contribution in [3.8, 4) is 0 Å². The van der Waals surface area contributed by atoms with Gasteiger partial charge in [0.2, 0.25) is 0 Å². The average Bonchev–Trinajstić information content (AvgIpc) is 1.89. The fourth-order valence-electron chi connectivity index (χ4n) is 0.702. The molecule has 0 bridgehead atoms. The molecule has 1 aromatic rings. The van der Waals surface area contributed by atoms with Crippen molar-refractivity contribution in [2.45, 2.75) is 18.2 Å². The van der Waals surface area contributed by atoms with Crippen LogP contribution in [0.15, 0.2) is 23.2 Å². The second-order valence-electron chi connectivity index (χ2n) is 1.82. The van der Waals surface area contributed by atoms with Gasteiger partial charge in [0.25, 0.3) is 0 Å². The first-order valence-corrected chi connectivity index (χ1v) is 3.42. The van der Waals surface area contributed by atoms with Gasteiger partial charge in [0.1, 0.15) is 0 Å². The summed E-state index contributed by atoms with van der Waals surface area (Å²) < 4.78 is 0. The Morgan fingerprint density at radius 2 is 2.44 bits per heavy atom. The highest BCUT2D eigenvalue weighted by atomic mass is 32.1. The van der Waals surface area contributed by atoms with E-state index in [1.807, 2.05) is 12.1 Å². The third kappa shape index (κ3) is 1.45. The average molecular weight is 139 g/mol. The number of pyridine rings is 1. The summed E-state index contributed by atoms with van der Waals surface area (Å²) in [5.41, 5.74) is 1.07. The fourth-order valence-corrected chi connectivity index (χ4v) is 1.00. The second-order valence-corrected chi connectivity index (χ2v) is 2.30. The maximum atomic E-state index is 4.22. The van der Waals surface area contributed by atoms with Crippen molar-refractivity contribution in [2.24, 2.45) is 0 Å². The van der Waals surface area contributed by atoms with Crippen molar-refractivity contribution in [2.75, 3.05) is 0 Å². The van der Waals surface area contributed by atoms with Gasteiger partial charge in [-0.15, -0.1) is 12.6 Å². The molecule has 0 aliphatic carbocycles. The Morgan fingerprint density at radius 1 is 1.67 bits per heavy atom. The maximum Gasteiger partial charge on any atom is 0.0533 e. The third-order valence-corrected chi connectivity index (χ3v) is 1.61. The summed E-state index contributed by atoms with van der Waals surface area (Å²) in [6.45, 7) is 2.07. The molecule has 0 saturated heterocycles. The molecular weight excluding hydrogens is 130 g/mol. The summed E-state index contributed by atoms with van der Waals surface area (Å²) in [6, 6.07) is 3.84. The van der Waals surface area contributed by atoms with Crippen LogP contribution in [-0.2, 0) is 6.42 Å². The van der Waals surface area contributed by atoms with Gasteiger partial charge in [-0.05, 0) is 18.6 Å². The van der Waals surface area contributed by atoms with Crippen molar-refractivity contribution in [1.82, 2.24) is 4.98 Å². The first kappa shape index (κ1) is 6.62. The Bertz CT molecular complexity index is 198. The lowest BCUT2D eigenvalue weighted by Crippen LogP contribution is -1.85. The molecule has 0 aliphatic heterocycles. The first-order valence-electron chi connectivity index (χ1n) is 2.97. The van der Waals surface area contributed by atoms with Gasteiger partial charge < -0.3 is 0 Å². The van der Waals surface area contributed by atoms with Crippen LogP contribution in [0.1, 0.15) is 12.6 Å². The normalized spacial score (nSPS) is 9.56. The van der Waals surface area contributed by atoms with Crippen molar-refractivity contribution < 1.29 is 0 Å². The largest absolute Gasteiger partial charge is 0.260 e. The predicted octanol–water partition coefficient (Wildman–Crippen LogP) is 1.93. The van der Waals surface area contributed by atoms with Crippen LogP contribution in [0.2, 0.25) is 0 Å². The van der Waals surface area contributed by atoms with Gasteiger partial charge >= 0.3 is 0 Å². The van der Waals surface area contributed by atoms with E-state index >= 15 is 0 Å². The number of hydrogen-bond acceptors (Lipinski definition) is 2. The molecule has 1 aromatic heterocycles. The quantitative estimate of drug-likeness (QED) is 0.587. The number of aromatic nitrogens is 1. The molecule has 0 aromatic carbocycles. The van der Waals surface area contributed by atoms with Gasteiger partial charge in [0.15, 0.2) is 0 Å². The number of rotatable bonds is 1. The minimum Gasteiger partial charge on any atom is -0.260 e. The summed E-state index contributed by atoms with van der Waals surface area (Å²) in [5, 5.41) is 0. The summed E-state index contributed by atoms with van der Waals surface area (Å²) in [7, 11) is 0. The standard InChI is InChI=1S/C7H9NS/c1-2-6-7(9)4-3-5-8-6/h3-5,9H,2H2,1H3. The third-order valence-electron chi connectivity index (χ3n) is 1.20. The topological polar surface area (TPSA) is 12.9 Å². The van der Waals surface area contributed by atoms with Crippen LogP contribution in [0.3, 0.4) is 0 Å². The van der Waals surface area contributed by atoms with Crippen LogP contribution >= 0.6 is 12.6 Å². The van der Waals surface area contributed by atoms with Crippen LogP contribution in [0.4, 0.5) is 0 Å². The molecule has 1 nitrogen and oxygen atoms in total. The van der Waals surface area contributed by atoms with Crippen LogP contribution in [0.25, 0.3) is 0 Å². The highest BCUT2D eigenvalue weighted by Gasteiger charge is 1.92. The van der Waals surface area contributed by atoms with Crippen molar-refractivity contribution >= 4 is 12.6 Å². The maximum absolute atomic E-state index is 4.22. The van der Waals surface area contributed by atoms with E-state index in [0.717, 1.165) is 17.0 Å². The molecular formula is C7H9NS. The summed E-state index contributed by atoms with van der Waals surface area (Å²) in [6.07, 6.45) is 2.75. The number of aryl methyl sites for hydroxylation is 1. The molecule has 0 spiro atoms. The van der Waals surface area contributed by atoms with Gasteiger partial charge in [-0.25, -0.2) is 0 Å². The monoisotopic (exact) mass is 139 g/mol. The van der Waals surface area contributed by atoms with E-state index < -0.39 is 0 Å². The summed E-state index contributed by atoms with van der Waals surface area (Å²) in [5.74, 6) is 0. The Balaban J connectivity index is 3.01. The van der Waals surface area contributed by atoms with E-state index in [0.29, 0.717) is 0 Å². The van der Waals surface area contributed by atoms with Crippen LogP contribution < -0.4 is 0 Å². The molecule has 9 heavy (non-hydrogen) atoms. The first-order chi connectivity index (χ1) is 4.34. The molecule has 0 fully saturated rings. The lowest BCUT2D eigenvalue weighted by Gasteiger charge is -1.96. The molecule has 0 atom stereocenters. The van der Waals surface area contributed by atoms with E-state index in [-0.39, 0.29) is 0 Å². The minimum atomic E-state index is 0.958. The molecule has 48 valence electrons. The zero-order valence-electron chi connectivity index (χ0n) is 5.33. The molecule has 0 N–H and O–H groups in total. The summed E-state index contributed by atoms with van der Waals surface area (Å²) in [4.78, 5) is 5.11. The lowest BCUT2D eigenvalue weighted by molar-refractivity contribution is 0.983. The lowest BCUT2D eigenvalue weighted by atomic mass is 10.3. The van der Waals surface area contributed by atoms with E-state index in [1.165, 1.54) is 0 Å². The molecule has 0 radical (unpaired) electrons. The van der Waals surface area contributed by atoms with E-state index in [1.54, 1.807) is 6.20 Å². The van der Waals surface area contributed by atoms with Crippen molar-refractivity contribution in [3.05, 3.63) is 24.0 Å². The van der Waals surface area contributed by atoms with E-state index in [2.05, 4.69) is 24.5 Å². The van der Waals surface area contributed by atoms with Crippen LogP contribution in [0.5, 0.6) is 0 Å². The molecule has 0 amide bonds. The van der Waals surface area contributed by atoms with Crippen LogP contribution in [0, 0.1) is 0 Å². The zero-order chi connectivity index (χ0) is 6.69. The molecule has 0 unspecified atom stereocenters. The van der Waals surface area contributed by atoms with Crippen molar-refractivity contribution in [1.29, 1.82) is 0 Å². The highest BCUT2D eigenvalue weighted by Crippen LogP contribution is 2.09. The fraction of sp³-hybridized carbons (Fsp3) is 0.286. The number of thiol groups is 1. The zero-order valence-corrected chi connectivity index (χ0v) is 6.23. The Kier molecular flexibility index (Phi) is 2.11. The Labute approximate surface area is 60.5 Å². The van der Waals surface area contributed by atoms with E-state index in [9.17, 15) is 0 Å². The minimum absolute atomic E-state index is 0.958. The van der Waals surface area contributed by atoms with Gasteiger partial charge in [0, 0.05) is 11.1 Å². The molecule has 2 heteroatoms. The second kappa shape index (κ2) is 2.87. The SMILES string of the molecule is CCc1ncccc1S. The van der Waals surface area contributed by atoms with Gasteiger partial charge in [-0.1, -0.05) is 6.92 Å². The molecule has 0 saturated carbocycles. The van der Waals surface area contributed by atoms with Gasteiger partial charge in [0.05, 0.1) is 5.69 Å². The summed E-state index contributed by atoms with van der Waals surface area (Å²) >= 11 is 4.22. The van der Waals surface area contributed by atoms with E-state index in [4.69, 9.17) is 0 Å².